The zero-order valence-electron chi connectivity index (χ0n) is 16.2. The molecule has 0 spiro atoms. The van der Waals surface area contributed by atoms with Crippen molar-refractivity contribution in [2.75, 3.05) is 12.4 Å². The van der Waals surface area contributed by atoms with Gasteiger partial charge in [-0.25, -0.2) is 9.48 Å². The smallest absolute Gasteiger partial charge is 0.344 e. The molecule has 0 aliphatic heterocycles. The van der Waals surface area contributed by atoms with Gasteiger partial charge >= 0.3 is 5.97 Å². The van der Waals surface area contributed by atoms with Crippen LogP contribution in [-0.4, -0.2) is 34.9 Å². The first-order valence-electron chi connectivity index (χ1n) is 8.87. The third-order valence-electron chi connectivity index (χ3n) is 4.23. The molecule has 2 aromatic carbocycles. The largest absolute Gasteiger partial charge is 0.495 e. The van der Waals surface area contributed by atoms with Crippen molar-refractivity contribution in [2.45, 2.75) is 20.0 Å². The Morgan fingerprint density at radius 3 is 2.45 bits per heavy atom. The van der Waals surface area contributed by atoms with E-state index in [-0.39, 0.29) is 10.7 Å². The minimum atomic E-state index is -1.05. The maximum absolute atomic E-state index is 12.7. The second kappa shape index (κ2) is 8.79. The molecule has 0 fully saturated rings. The lowest BCUT2D eigenvalue weighted by atomic mass is 10.2. The van der Waals surface area contributed by atoms with Gasteiger partial charge in [-0.1, -0.05) is 41.9 Å². The Balaban J connectivity index is 1.75. The van der Waals surface area contributed by atoms with E-state index in [0.29, 0.717) is 22.8 Å². The Morgan fingerprint density at radius 1 is 1.10 bits per heavy atom. The fourth-order valence-corrected chi connectivity index (χ4v) is 3.08. The van der Waals surface area contributed by atoms with Crippen molar-refractivity contribution in [3.05, 3.63) is 71.0 Å². The van der Waals surface area contributed by atoms with E-state index < -0.39 is 18.0 Å². The first kappa shape index (κ1) is 20.4. The summed E-state index contributed by atoms with van der Waals surface area (Å²) >= 11 is 6.37. The lowest BCUT2D eigenvalue weighted by Gasteiger charge is -2.15. The van der Waals surface area contributed by atoms with E-state index >= 15 is 0 Å². The molecule has 1 N–H and O–H groups in total. The fourth-order valence-electron chi connectivity index (χ4n) is 2.73. The number of benzene rings is 2. The number of ether oxygens (including phenoxy) is 2. The van der Waals surface area contributed by atoms with Crippen molar-refractivity contribution in [1.82, 2.24) is 9.78 Å². The highest BCUT2D eigenvalue weighted by atomic mass is 35.5. The minimum absolute atomic E-state index is 0.118. The Morgan fingerprint density at radius 2 is 1.76 bits per heavy atom. The molecule has 1 heterocycles. The van der Waals surface area contributed by atoms with Crippen molar-refractivity contribution in [1.29, 1.82) is 0 Å². The number of esters is 1. The molecule has 0 bridgehead atoms. The molecule has 7 nitrogen and oxygen atoms in total. The molecule has 3 rings (SSSR count). The van der Waals surface area contributed by atoms with E-state index in [1.807, 2.05) is 30.3 Å². The van der Waals surface area contributed by atoms with Gasteiger partial charge in [-0.15, -0.1) is 0 Å². The first-order chi connectivity index (χ1) is 13.9. The molecule has 0 unspecified atom stereocenters. The number of carbonyl (C=O) groups is 2. The SMILES string of the molecule is COc1ccccc1NC(=O)[C@H](C)OC(=O)c1c(C)nn(-c2ccccc2)c1Cl. The van der Waals surface area contributed by atoms with Crippen molar-refractivity contribution < 1.29 is 19.1 Å². The third kappa shape index (κ3) is 4.41. The Hall–Kier alpha value is -3.32. The monoisotopic (exact) mass is 413 g/mol. The summed E-state index contributed by atoms with van der Waals surface area (Å²) in [7, 11) is 1.50. The number of para-hydroxylation sites is 3. The highest BCUT2D eigenvalue weighted by molar-refractivity contribution is 6.33. The van der Waals surface area contributed by atoms with Gasteiger partial charge in [-0.2, -0.15) is 5.10 Å². The Kier molecular flexibility index (Phi) is 6.19. The van der Waals surface area contributed by atoms with Crippen LogP contribution < -0.4 is 10.1 Å². The predicted octanol–water partition coefficient (Wildman–Crippen LogP) is 4.03. The minimum Gasteiger partial charge on any atom is -0.495 e. The molecule has 1 aromatic heterocycles. The number of hydrogen-bond donors (Lipinski definition) is 1. The predicted molar refractivity (Wildman–Crippen MR) is 110 cm³/mol. The van der Waals surface area contributed by atoms with Crippen LogP contribution in [0.3, 0.4) is 0 Å². The van der Waals surface area contributed by atoms with Crippen LogP contribution in [0.25, 0.3) is 5.69 Å². The number of amides is 1. The summed E-state index contributed by atoms with van der Waals surface area (Å²) in [5.41, 5.74) is 1.71. The molecule has 0 aliphatic carbocycles. The molecule has 150 valence electrons. The zero-order valence-corrected chi connectivity index (χ0v) is 16.9. The van der Waals surface area contributed by atoms with E-state index in [1.165, 1.54) is 18.7 Å². The van der Waals surface area contributed by atoms with Crippen LogP contribution in [0.4, 0.5) is 5.69 Å². The number of aryl methyl sites for hydroxylation is 1. The number of nitrogens with one attached hydrogen (secondary N) is 1. The maximum Gasteiger partial charge on any atom is 0.344 e. The number of nitrogens with zero attached hydrogens (tertiary/aromatic N) is 2. The fraction of sp³-hybridized carbons (Fsp3) is 0.190. The van der Waals surface area contributed by atoms with E-state index in [0.717, 1.165) is 0 Å². The van der Waals surface area contributed by atoms with Crippen LogP contribution >= 0.6 is 11.6 Å². The average molecular weight is 414 g/mol. The number of carbonyl (C=O) groups excluding carboxylic acids is 2. The number of rotatable bonds is 6. The molecule has 0 saturated heterocycles. The maximum atomic E-state index is 12.7. The molecule has 0 aliphatic rings. The van der Waals surface area contributed by atoms with Gasteiger partial charge in [0.1, 0.15) is 16.5 Å². The molecule has 0 radical (unpaired) electrons. The second-order valence-electron chi connectivity index (χ2n) is 6.24. The summed E-state index contributed by atoms with van der Waals surface area (Å²) in [6, 6.07) is 16.1. The van der Waals surface area contributed by atoms with Gasteiger partial charge in [0, 0.05) is 0 Å². The van der Waals surface area contributed by atoms with Crippen molar-refractivity contribution in [2.24, 2.45) is 0 Å². The lowest BCUT2D eigenvalue weighted by Crippen LogP contribution is -2.30. The summed E-state index contributed by atoms with van der Waals surface area (Å²) in [6.07, 6.45) is -1.05. The first-order valence-corrected chi connectivity index (χ1v) is 9.25. The summed E-state index contributed by atoms with van der Waals surface area (Å²) in [5, 5.41) is 7.12. The summed E-state index contributed by atoms with van der Waals surface area (Å²) in [6.45, 7) is 3.13. The van der Waals surface area contributed by atoms with Gasteiger partial charge < -0.3 is 14.8 Å². The lowest BCUT2D eigenvalue weighted by molar-refractivity contribution is -0.123. The highest BCUT2D eigenvalue weighted by Crippen LogP contribution is 2.26. The number of hydrogen-bond acceptors (Lipinski definition) is 5. The average Bonchev–Trinajstić information content (AvgIpc) is 3.03. The normalized spacial score (nSPS) is 11.6. The summed E-state index contributed by atoms with van der Waals surface area (Å²) < 4.78 is 12.0. The quantitative estimate of drug-likeness (QED) is 0.617. The van der Waals surface area contributed by atoms with Crippen LogP contribution in [0.15, 0.2) is 54.6 Å². The number of anilines is 1. The van der Waals surface area contributed by atoms with E-state index in [1.54, 1.807) is 31.2 Å². The number of aromatic nitrogens is 2. The second-order valence-corrected chi connectivity index (χ2v) is 6.59. The van der Waals surface area contributed by atoms with Gasteiger partial charge in [0.2, 0.25) is 0 Å². The number of methoxy groups -OCH3 is 1. The molecule has 8 heteroatoms. The van der Waals surface area contributed by atoms with Crippen LogP contribution in [-0.2, 0) is 9.53 Å². The molecule has 0 saturated carbocycles. The van der Waals surface area contributed by atoms with Crippen LogP contribution in [0, 0.1) is 6.92 Å². The van der Waals surface area contributed by atoms with Gasteiger partial charge in [-0.3, -0.25) is 4.79 Å². The van der Waals surface area contributed by atoms with Gasteiger partial charge in [-0.05, 0) is 38.1 Å². The third-order valence-corrected chi connectivity index (χ3v) is 4.58. The molecule has 1 amide bonds. The highest BCUT2D eigenvalue weighted by Gasteiger charge is 2.26. The molecule has 3 aromatic rings. The van der Waals surface area contributed by atoms with Crippen LogP contribution in [0.5, 0.6) is 5.75 Å². The molecule has 29 heavy (non-hydrogen) atoms. The molecular weight excluding hydrogens is 394 g/mol. The molecule has 1 atom stereocenters. The number of halogens is 1. The van der Waals surface area contributed by atoms with Crippen molar-refractivity contribution in [3.63, 3.8) is 0 Å². The standard InChI is InChI=1S/C21H20ClN3O4/c1-13-18(19(22)25(24-13)15-9-5-4-6-10-15)21(27)29-14(2)20(26)23-16-11-7-8-12-17(16)28-3/h4-12,14H,1-3H3,(H,23,26)/t14-/m0/s1. The van der Waals surface area contributed by atoms with Gasteiger partial charge in [0.15, 0.2) is 6.10 Å². The topological polar surface area (TPSA) is 82.4 Å². The van der Waals surface area contributed by atoms with Gasteiger partial charge in [0.25, 0.3) is 5.91 Å². The Bertz CT molecular complexity index is 1030. The summed E-state index contributed by atoms with van der Waals surface area (Å²) in [5.74, 6) is -0.716. The van der Waals surface area contributed by atoms with Crippen molar-refractivity contribution >= 4 is 29.2 Å². The van der Waals surface area contributed by atoms with Crippen molar-refractivity contribution in [3.8, 4) is 11.4 Å². The van der Waals surface area contributed by atoms with E-state index in [9.17, 15) is 9.59 Å². The van der Waals surface area contributed by atoms with E-state index in [2.05, 4.69) is 10.4 Å². The molecular formula is C21H20ClN3O4. The van der Waals surface area contributed by atoms with Crippen LogP contribution in [0.1, 0.15) is 23.0 Å². The Labute approximate surface area is 173 Å². The van der Waals surface area contributed by atoms with Gasteiger partial charge in [0.05, 0.1) is 24.2 Å². The summed E-state index contributed by atoms with van der Waals surface area (Å²) in [4.78, 5) is 25.1. The zero-order chi connectivity index (χ0) is 21.0. The van der Waals surface area contributed by atoms with Crippen LogP contribution in [0.2, 0.25) is 5.15 Å². The van der Waals surface area contributed by atoms with E-state index in [4.69, 9.17) is 21.1 Å².